The van der Waals surface area contributed by atoms with Gasteiger partial charge < -0.3 is 15.2 Å². The van der Waals surface area contributed by atoms with Crippen LogP contribution in [0.4, 0.5) is 0 Å². The van der Waals surface area contributed by atoms with Gasteiger partial charge in [-0.25, -0.2) is 0 Å². The minimum atomic E-state index is -0.769. The van der Waals surface area contributed by atoms with Crippen LogP contribution in [-0.4, -0.2) is 60.9 Å². The van der Waals surface area contributed by atoms with Crippen LogP contribution in [0.2, 0.25) is 0 Å². The molecule has 0 amide bonds. The molecule has 0 radical (unpaired) electrons. The van der Waals surface area contributed by atoms with Crippen molar-refractivity contribution in [1.29, 1.82) is 0 Å². The fourth-order valence-electron chi connectivity index (χ4n) is 2.22. The fraction of sp³-hybridized carbons (Fsp3) is 0.923. The first-order valence-corrected chi connectivity index (χ1v) is 6.97. The molecule has 1 heterocycles. The third-order valence-corrected chi connectivity index (χ3v) is 3.31. The predicted octanol–water partition coefficient (Wildman–Crippen LogP) is 0.940. The molecule has 1 fully saturated rings. The molecule has 0 aromatic carbocycles. The van der Waals surface area contributed by atoms with Gasteiger partial charge in [0.2, 0.25) is 0 Å². The maximum absolute atomic E-state index is 11.2. The fourth-order valence-corrected chi connectivity index (χ4v) is 2.22. The monoisotopic (exact) mass is 258 g/mol. The summed E-state index contributed by atoms with van der Waals surface area (Å²) in [6.45, 7) is 7.94. The van der Waals surface area contributed by atoms with Crippen LogP contribution in [0.3, 0.4) is 0 Å². The zero-order valence-corrected chi connectivity index (χ0v) is 11.5. The Labute approximate surface area is 109 Å². The summed E-state index contributed by atoms with van der Waals surface area (Å²) in [7, 11) is 0. The molecule has 2 atom stereocenters. The number of carbonyl (C=O) groups is 1. The molecule has 0 bridgehead atoms. The number of hydrogen-bond acceptors (Lipinski definition) is 4. The highest BCUT2D eigenvalue weighted by Crippen LogP contribution is 2.13. The molecule has 1 aliphatic rings. The van der Waals surface area contributed by atoms with Gasteiger partial charge in [-0.3, -0.25) is 9.69 Å². The van der Waals surface area contributed by atoms with Crippen LogP contribution in [-0.2, 0) is 9.53 Å². The Balaban J connectivity index is 2.39. The van der Waals surface area contributed by atoms with Gasteiger partial charge >= 0.3 is 5.97 Å². The predicted molar refractivity (Wildman–Crippen MR) is 70.8 cm³/mol. The first-order chi connectivity index (χ1) is 8.67. The molecule has 0 spiro atoms. The first kappa shape index (κ1) is 15.4. The lowest BCUT2D eigenvalue weighted by Gasteiger charge is -2.27. The summed E-state index contributed by atoms with van der Waals surface area (Å²) >= 11 is 0. The molecule has 106 valence electrons. The second-order valence-corrected chi connectivity index (χ2v) is 4.83. The number of nitrogens with zero attached hydrogens (tertiary/aromatic N) is 1. The van der Waals surface area contributed by atoms with Crippen molar-refractivity contribution in [3.63, 3.8) is 0 Å². The van der Waals surface area contributed by atoms with Crippen molar-refractivity contribution in [1.82, 2.24) is 10.2 Å². The third-order valence-electron chi connectivity index (χ3n) is 3.31. The molecule has 2 N–H and O–H groups in total. The van der Waals surface area contributed by atoms with Gasteiger partial charge in [-0.05, 0) is 32.4 Å². The lowest BCUT2D eigenvalue weighted by atomic mass is 10.2. The van der Waals surface area contributed by atoms with E-state index in [4.69, 9.17) is 4.74 Å². The summed E-state index contributed by atoms with van der Waals surface area (Å²) in [5.74, 6) is -0.769. The second kappa shape index (κ2) is 8.45. The Morgan fingerprint density at radius 3 is 2.83 bits per heavy atom. The highest BCUT2D eigenvalue weighted by Gasteiger charge is 2.23. The average molecular weight is 258 g/mol. The van der Waals surface area contributed by atoms with Crippen LogP contribution < -0.4 is 5.32 Å². The van der Waals surface area contributed by atoms with E-state index in [0.717, 1.165) is 45.5 Å². The van der Waals surface area contributed by atoms with Crippen molar-refractivity contribution in [3.05, 3.63) is 0 Å². The summed E-state index contributed by atoms with van der Waals surface area (Å²) in [6, 6.07) is -0.480. The smallest absolute Gasteiger partial charge is 0.322 e. The van der Waals surface area contributed by atoms with E-state index in [9.17, 15) is 9.90 Å². The third kappa shape index (κ3) is 5.33. The number of carboxylic acid groups (broad SMARTS) is 1. The zero-order valence-electron chi connectivity index (χ0n) is 11.5. The number of likely N-dealkylation sites (N-methyl/N-ethyl adjacent to an activating group) is 1. The molecule has 0 aromatic rings. The summed E-state index contributed by atoms with van der Waals surface area (Å²) in [5, 5.41) is 12.3. The molecule has 18 heavy (non-hydrogen) atoms. The number of hydrogen-bond donors (Lipinski definition) is 2. The molecule has 5 heteroatoms. The Kier molecular flexibility index (Phi) is 7.23. The van der Waals surface area contributed by atoms with E-state index in [1.54, 1.807) is 0 Å². The zero-order chi connectivity index (χ0) is 13.4. The SMILES string of the molecule is CCCNC(CN(CC)CC1CCCO1)C(=O)O. The number of rotatable bonds is 9. The molecule has 2 unspecified atom stereocenters. The van der Waals surface area contributed by atoms with Crippen LogP contribution in [0.25, 0.3) is 0 Å². The van der Waals surface area contributed by atoms with Gasteiger partial charge in [0, 0.05) is 19.7 Å². The van der Waals surface area contributed by atoms with Crippen molar-refractivity contribution in [2.45, 2.75) is 45.3 Å². The first-order valence-electron chi connectivity index (χ1n) is 6.97. The molecule has 1 rings (SSSR count). The van der Waals surface area contributed by atoms with Gasteiger partial charge in [-0.15, -0.1) is 0 Å². The van der Waals surface area contributed by atoms with Crippen molar-refractivity contribution in [2.75, 3.05) is 32.8 Å². The van der Waals surface area contributed by atoms with E-state index in [1.807, 2.05) is 6.92 Å². The quantitative estimate of drug-likeness (QED) is 0.644. The lowest BCUT2D eigenvalue weighted by Crippen LogP contribution is -2.48. The Morgan fingerprint density at radius 2 is 2.33 bits per heavy atom. The number of carboxylic acids is 1. The lowest BCUT2D eigenvalue weighted by molar-refractivity contribution is -0.140. The Morgan fingerprint density at radius 1 is 1.56 bits per heavy atom. The summed E-state index contributed by atoms with van der Waals surface area (Å²) in [6.07, 6.45) is 3.45. The summed E-state index contributed by atoms with van der Waals surface area (Å²) in [5.41, 5.74) is 0. The topological polar surface area (TPSA) is 61.8 Å². The van der Waals surface area contributed by atoms with Gasteiger partial charge in [0.25, 0.3) is 0 Å². The molecular weight excluding hydrogens is 232 g/mol. The van der Waals surface area contributed by atoms with E-state index in [2.05, 4.69) is 17.1 Å². The van der Waals surface area contributed by atoms with Crippen LogP contribution in [0, 0.1) is 0 Å². The molecular formula is C13H26N2O3. The second-order valence-electron chi connectivity index (χ2n) is 4.83. The summed E-state index contributed by atoms with van der Waals surface area (Å²) in [4.78, 5) is 13.3. The Hall–Kier alpha value is -0.650. The van der Waals surface area contributed by atoms with Crippen LogP contribution in [0.5, 0.6) is 0 Å². The van der Waals surface area contributed by atoms with E-state index in [0.29, 0.717) is 6.54 Å². The summed E-state index contributed by atoms with van der Waals surface area (Å²) < 4.78 is 5.60. The van der Waals surface area contributed by atoms with Gasteiger partial charge in [-0.2, -0.15) is 0 Å². The van der Waals surface area contributed by atoms with Gasteiger partial charge in [0.05, 0.1) is 6.10 Å². The standard InChI is InChI=1S/C13H26N2O3/c1-3-7-14-12(13(16)17)10-15(4-2)9-11-6-5-8-18-11/h11-12,14H,3-10H2,1-2H3,(H,16,17). The molecule has 0 saturated carbocycles. The average Bonchev–Trinajstić information content (AvgIpc) is 2.85. The normalized spacial score (nSPS) is 21.4. The largest absolute Gasteiger partial charge is 0.480 e. The molecule has 0 aliphatic carbocycles. The molecule has 1 aliphatic heterocycles. The van der Waals surface area contributed by atoms with Gasteiger partial charge in [-0.1, -0.05) is 13.8 Å². The van der Waals surface area contributed by atoms with Crippen LogP contribution >= 0.6 is 0 Å². The van der Waals surface area contributed by atoms with Crippen LogP contribution in [0.15, 0.2) is 0 Å². The van der Waals surface area contributed by atoms with Gasteiger partial charge in [0.1, 0.15) is 6.04 Å². The Bertz CT molecular complexity index is 242. The number of ether oxygens (including phenoxy) is 1. The van der Waals surface area contributed by atoms with E-state index < -0.39 is 12.0 Å². The minimum Gasteiger partial charge on any atom is -0.480 e. The van der Waals surface area contributed by atoms with E-state index in [-0.39, 0.29) is 6.10 Å². The molecule has 1 saturated heterocycles. The maximum Gasteiger partial charge on any atom is 0.322 e. The highest BCUT2D eigenvalue weighted by molar-refractivity contribution is 5.73. The van der Waals surface area contributed by atoms with E-state index in [1.165, 1.54) is 0 Å². The molecule has 0 aromatic heterocycles. The van der Waals surface area contributed by atoms with Crippen molar-refractivity contribution >= 4 is 5.97 Å². The van der Waals surface area contributed by atoms with Crippen molar-refractivity contribution in [3.8, 4) is 0 Å². The maximum atomic E-state index is 11.2. The van der Waals surface area contributed by atoms with Gasteiger partial charge in [0.15, 0.2) is 0 Å². The van der Waals surface area contributed by atoms with E-state index >= 15 is 0 Å². The highest BCUT2D eigenvalue weighted by atomic mass is 16.5. The van der Waals surface area contributed by atoms with Crippen LogP contribution in [0.1, 0.15) is 33.1 Å². The number of aliphatic carboxylic acids is 1. The van der Waals surface area contributed by atoms with Crippen molar-refractivity contribution < 1.29 is 14.6 Å². The van der Waals surface area contributed by atoms with Crippen molar-refractivity contribution in [2.24, 2.45) is 0 Å². The number of nitrogens with one attached hydrogen (secondary N) is 1. The molecule has 5 nitrogen and oxygen atoms in total. The minimum absolute atomic E-state index is 0.283.